The van der Waals surface area contributed by atoms with Crippen molar-refractivity contribution in [3.05, 3.63) is 11.6 Å². The number of cyclic esters (lactones) is 1. The molecule has 218 valence electrons. The molecule has 10 nitrogen and oxygen atoms in total. The molecule has 39 heavy (non-hydrogen) atoms. The second-order valence-electron chi connectivity index (χ2n) is 13.4. The van der Waals surface area contributed by atoms with Crippen molar-refractivity contribution in [3.8, 4) is 0 Å². The first-order valence-electron chi connectivity index (χ1n) is 14.5. The van der Waals surface area contributed by atoms with Gasteiger partial charge in [-0.3, -0.25) is 0 Å². The molecule has 5 fully saturated rings. The van der Waals surface area contributed by atoms with Gasteiger partial charge in [-0.15, -0.1) is 0 Å². The van der Waals surface area contributed by atoms with E-state index in [2.05, 4.69) is 6.92 Å². The van der Waals surface area contributed by atoms with E-state index in [1.54, 1.807) is 13.0 Å². The van der Waals surface area contributed by atoms with E-state index in [4.69, 9.17) is 14.2 Å². The Bertz CT molecular complexity index is 1050. The fourth-order valence-electron chi connectivity index (χ4n) is 9.75. The lowest BCUT2D eigenvalue weighted by Crippen LogP contribution is -2.69. The van der Waals surface area contributed by atoms with Gasteiger partial charge < -0.3 is 44.5 Å². The molecular weight excluding hydrogens is 508 g/mol. The third kappa shape index (κ3) is 3.78. The van der Waals surface area contributed by atoms with Crippen LogP contribution in [0, 0.1) is 28.6 Å². The van der Waals surface area contributed by atoms with Crippen LogP contribution < -0.4 is 0 Å². The van der Waals surface area contributed by atoms with Gasteiger partial charge in [0.15, 0.2) is 6.29 Å². The Morgan fingerprint density at radius 2 is 1.72 bits per heavy atom. The number of ether oxygens (including phenoxy) is 3. The topological polar surface area (TPSA) is 163 Å². The van der Waals surface area contributed by atoms with Crippen molar-refractivity contribution >= 4 is 12.3 Å². The molecular formula is C29H42O10. The monoisotopic (exact) mass is 550 g/mol. The normalized spacial score (nSPS) is 55.2. The highest BCUT2D eigenvalue weighted by atomic mass is 16.7. The van der Waals surface area contributed by atoms with Gasteiger partial charge in [0.2, 0.25) is 0 Å². The molecule has 5 N–H and O–H groups in total. The van der Waals surface area contributed by atoms with Crippen LogP contribution in [0.2, 0.25) is 0 Å². The summed E-state index contributed by atoms with van der Waals surface area (Å²) < 4.78 is 16.9. The van der Waals surface area contributed by atoms with E-state index >= 15 is 0 Å². The maximum atomic E-state index is 13.0. The van der Waals surface area contributed by atoms with Crippen molar-refractivity contribution in [1.29, 1.82) is 0 Å². The summed E-state index contributed by atoms with van der Waals surface area (Å²) in [5.41, 5.74) is -2.86. The molecule has 2 heterocycles. The van der Waals surface area contributed by atoms with Crippen LogP contribution in [0.15, 0.2) is 11.6 Å². The number of rotatable bonds is 4. The van der Waals surface area contributed by atoms with Crippen molar-refractivity contribution in [2.75, 3.05) is 6.61 Å². The summed E-state index contributed by atoms with van der Waals surface area (Å²) in [5, 5.41) is 55.0. The maximum absolute atomic E-state index is 13.0. The largest absolute Gasteiger partial charge is 0.458 e. The van der Waals surface area contributed by atoms with Crippen molar-refractivity contribution < 1.29 is 49.3 Å². The molecule has 0 spiro atoms. The van der Waals surface area contributed by atoms with Gasteiger partial charge in [0.25, 0.3) is 0 Å². The van der Waals surface area contributed by atoms with Crippen LogP contribution in [-0.4, -0.2) is 92.4 Å². The average molecular weight is 551 g/mol. The summed E-state index contributed by atoms with van der Waals surface area (Å²) in [6.07, 6.45) is 0.689. The number of aldehydes is 1. The number of hydrogen-bond acceptors (Lipinski definition) is 10. The third-order valence-electron chi connectivity index (χ3n) is 12.0. The van der Waals surface area contributed by atoms with Crippen molar-refractivity contribution in [3.63, 3.8) is 0 Å². The fourth-order valence-corrected chi connectivity index (χ4v) is 9.75. The number of carbonyl (C=O) groups is 2. The summed E-state index contributed by atoms with van der Waals surface area (Å²) in [4.78, 5) is 24.8. The van der Waals surface area contributed by atoms with Gasteiger partial charge in [-0.25, -0.2) is 4.79 Å². The van der Waals surface area contributed by atoms with Crippen LogP contribution in [0.5, 0.6) is 0 Å². The van der Waals surface area contributed by atoms with E-state index < -0.39 is 58.8 Å². The van der Waals surface area contributed by atoms with Crippen LogP contribution >= 0.6 is 0 Å². The van der Waals surface area contributed by atoms with E-state index in [1.807, 2.05) is 0 Å². The average Bonchev–Trinajstić information content (AvgIpc) is 3.45. The highest BCUT2D eigenvalue weighted by Crippen LogP contribution is 2.70. The third-order valence-corrected chi connectivity index (χ3v) is 12.0. The minimum Gasteiger partial charge on any atom is -0.458 e. The first kappa shape index (κ1) is 27.8. The molecule has 10 heteroatoms. The Kier molecular flexibility index (Phi) is 6.62. The Labute approximate surface area is 228 Å². The number of aliphatic hydroxyl groups excluding tert-OH is 3. The Hall–Kier alpha value is -1.40. The van der Waals surface area contributed by atoms with Crippen molar-refractivity contribution in [1.82, 2.24) is 0 Å². The number of hydrogen-bond donors (Lipinski definition) is 5. The summed E-state index contributed by atoms with van der Waals surface area (Å²) in [7, 11) is 0. The Balaban J connectivity index is 1.22. The van der Waals surface area contributed by atoms with E-state index in [0.29, 0.717) is 44.9 Å². The predicted octanol–water partition coefficient (Wildman–Crippen LogP) is 0.750. The van der Waals surface area contributed by atoms with E-state index in [-0.39, 0.29) is 36.8 Å². The molecule has 0 aromatic rings. The number of carbonyl (C=O) groups excluding carboxylic acids is 2. The van der Waals surface area contributed by atoms with Gasteiger partial charge in [-0.05, 0) is 81.6 Å². The van der Waals surface area contributed by atoms with Crippen LogP contribution in [-0.2, 0) is 23.8 Å². The summed E-state index contributed by atoms with van der Waals surface area (Å²) in [6, 6.07) is 0. The molecule has 0 radical (unpaired) electrons. The van der Waals surface area contributed by atoms with E-state index in [1.165, 1.54) is 0 Å². The van der Waals surface area contributed by atoms with Crippen LogP contribution in [0.3, 0.4) is 0 Å². The molecule has 1 saturated heterocycles. The first-order chi connectivity index (χ1) is 18.4. The smallest absolute Gasteiger partial charge is 0.331 e. The predicted molar refractivity (Wildman–Crippen MR) is 135 cm³/mol. The Morgan fingerprint density at radius 3 is 2.41 bits per heavy atom. The summed E-state index contributed by atoms with van der Waals surface area (Å²) in [6.45, 7) is 3.98. The molecule has 4 saturated carbocycles. The summed E-state index contributed by atoms with van der Waals surface area (Å²) >= 11 is 0. The molecule has 2 unspecified atom stereocenters. The first-order valence-corrected chi connectivity index (χ1v) is 14.5. The molecule has 13 atom stereocenters. The lowest BCUT2D eigenvalue weighted by atomic mass is 9.41. The highest BCUT2D eigenvalue weighted by Gasteiger charge is 2.71. The number of fused-ring (bicyclic) bond motifs is 5. The van der Waals surface area contributed by atoms with E-state index in [0.717, 1.165) is 18.3 Å². The molecule has 0 aromatic carbocycles. The van der Waals surface area contributed by atoms with Crippen LogP contribution in [0.1, 0.15) is 71.6 Å². The Morgan fingerprint density at radius 1 is 0.974 bits per heavy atom. The maximum Gasteiger partial charge on any atom is 0.331 e. The quantitative estimate of drug-likeness (QED) is 0.192. The van der Waals surface area contributed by atoms with Gasteiger partial charge in [0, 0.05) is 17.9 Å². The van der Waals surface area contributed by atoms with Crippen LogP contribution in [0.4, 0.5) is 0 Å². The molecule has 6 rings (SSSR count). The summed E-state index contributed by atoms with van der Waals surface area (Å²) in [5.74, 6) is -0.616. The lowest BCUT2D eigenvalue weighted by Gasteiger charge is -2.65. The molecule has 0 bridgehead atoms. The molecule has 0 aromatic heterocycles. The number of esters is 1. The minimum atomic E-state index is -1.43. The zero-order valence-electron chi connectivity index (χ0n) is 22.7. The van der Waals surface area contributed by atoms with Crippen molar-refractivity contribution in [2.24, 2.45) is 28.6 Å². The number of aliphatic hydroxyl groups is 5. The van der Waals surface area contributed by atoms with Gasteiger partial charge in [-0.1, -0.05) is 6.92 Å². The second-order valence-corrected chi connectivity index (χ2v) is 13.4. The minimum absolute atomic E-state index is 0.0465. The van der Waals surface area contributed by atoms with E-state index in [9.17, 15) is 35.1 Å². The second kappa shape index (κ2) is 9.31. The zero-order valence-corrected chi connectivity index (χ0v) is 22.7. The van der Waals surface area contributed by atoms with Gasteiger partial charge in [0.1, 0.15) is 31.2 Å². The van der Waals surface area contributed by atoms with Gasteiger partial charge in [-0.2, -0.15) is 0 Å². The van der Waals surface area contributed by atoms with Gasteiger partial charge in [0.05, 0.1) is 28.8 Å². The zero-order chi connectivity index (χ0) is 28.0. The highest BCUT2D eigenvalue weighted by molar-refractivity contribution is 5.85. The van der Waals surface area contributed by atoms with Crippen molar-refractivity contribution in [2.45, 2.75) is 120 Å². The standard InChI is InChI=1S/C29H42O10/c1-15-22(32)23(33)24(34)25(38-15)39-17-3-8-27(14-30)19-4-7-26(2)18(16-11-21(31)37-13-16)6-10-29(26,36)20(19)5-9-28(27,35)12-17/h11,14-15,17-20,22-25,32-36H,3-10,12-13H2,1-2H3/t15-,17-,18+,19-,20+,22-,23?,24+,25?,26+,27-,28-,29-/m0/s1. The molecule has 2 aliphatic heterocycles. The molecule has 4 aliphatic carbocycles. The van der Waals surface area contributed by atoms with Crippen LogP contribution in [0.25, 0.3) is 0 Å². The van der Waals surface area contributed by atoms with Gasteiger partial charge >= 0.3 is 5.97 Å². The SMILES string of the molecule is C[C@@H]1OC(O[C@H]2CC[C@]3(C=O)[C@H]4CC[C@]5(C)[C@@H](C6=CC(=O)OC6)CC[C@]5(O)[C@@H]4CC[C@]3(O)C2)[C@H](O)C(O)[C@H]1O. The lowest BCUT2D eigenvalue weighted by molar-refractivity contribution is -0.317. The molecule has 0 amide bonds. The molecule has 6 aliphatic rings. The fraction of sp³-hybridized carbons (Fsp3) is 0.862.